The molecule has 0 spiro atoms. The second kappa shape index (κ2) is 6.80. The molecule has 0 fully saturated rings. The quantitative estimate of drug-likeness (QED) is 0.559. The highest BCUT2D eigenvalue weighted by Gasteiger charge is 2.13. The Balaban J connectivity index is 4.01. The van der Waals surface area contributed by atoms with Gasteiger partial charge in [0, 0.05) is 6.04 Å². The second-order valence-electron chi connectivity index (χ2n) is 3.21. The summed E-state index contributed by atoms with van der Waals surface area (Å²) in [6.45, 7) is 3.19. The minimum Gasteiger partial charge on any atom is -0.480 e. The number of carbonyl (C=O) groups excluding carboxylic acids is 2. The van der Waals surface area contributed by atoms with E-state index in [1.54, 1.807) is 0 Å². The van der Waals surface area contributed by atoms with Crippen LogP contribution in [-0.2, 0) is 14.4 Å². The molecule has 0 radical (unpaired) electrons. The summed E-state index contributed by atoms with van der Waals surface area (Å²) in [7, 11) is 0. The first-order chi connectivity index (χ1) is 7.01. The van der Waals surface area contributed by atoms with Gasteiger partial charge in [-0.3, -0.25) is 14.4 Å². The van der Waals surface area contributed by atoms with E-state index in [0.717, 1.165) is 6.42 Å². The summed E-state index contributed by atoms with van der Waals surface area (Å²) in [6, 6.07) is -0.0296. The van der Waals surface area contributed by atoms with Crippen LogP contribution in [0.5, 0.6) is 0 Å². The zero-order valence-electron chi connectivity index (χ0n) is 8.90. The van der Waals surface area contributed by atoms with E-state index < -0.39 is 18.4 Å². The van der Waals surface area contributed by atoms with Crippen LogP contribution < -0.4 is 5.32 Å². The Labute approximate surface area is 88.2 Å². The van der Waals surface area contributed by atoms with E-state index in [1.165, 1.54) is 4.90 Å². The van der Waals surface area contributed by atoms with Crippen molar-refractivity contribution in [1.82, 2.24) is 10.2 Å². The van der Waals surface area contributed by atoms with Crippen LogP contribution in [-0.4, -0.2) is 47.4 Å². The summed E-state index contributed by atoms with van der Waals surface area (Å²) in [5, 5.41) is 10.5. The lowest BCUT2D eigenvalue weighted by Crippen LogP contribution is -2.42. The Morgan fingerprint density at radius 1 is 1.53 bits per heavy atom. The standard InChI is InChI=1S/C9H16N2O4/c1-3-7(2)11(6-12)5-8(13)10-4-9(14)15/h6-7H,3-5H2,1-2H3,(H,10,13)(H,14,15). The molecule has 0 aliphatic heterocycles. The van der Waals surface area contributed by atoms with E-state index in [0.29, 0.717) is 6.41 Å². The van der Waals surface area contributed by atoms with Crippen molar-refractivity contribution in [2.45, 2.75) is 26.3 Å². The largest absolute Gasteiger partial charge is 0.480 e. The third-order valence-electron chi connectivity index (χ3n) is 2.06. The van der Waals surface area contributed by atoms with Crippen LogP contribution in [0.25, 0.3) is 0 Å². The van der Waals surface area contributed by atoms with Gasteiger partial charge in [-0.2, -0.15) is 0 Å². The second-order valence-corrected chi connectivity index (χ2v) is 3.21. The van der Waals surface area contributed by atoms with E-state index in [4.69, 9.17) is 5.11 Å². The van der Waals surface area contributed by atoms with Gasteiger partial charge in [-0.1, -0.05) is 6.92 Å². The summed E-state index contributed by atoms with van der Waals surface area (Å²) in [5.41, 5.74) is 0. The minimum absolute atomic E-state index is 0.0296. The summed E-state index contributed by atoms with van der Waals surface area (Å²) < 4.78 is 0. The normalized spacial score (nSPS) is 11.6. The number of nitrogens with one attached hydrogen (secondary N) is 1. The molecule has 0 aliphatic rings. The fraction of sp³-hybridized carbons (Fsp3) is 0.667. The van der Waals surface area contributed by atoms with Crippen molar-refractivity contribution >= 4 is 18.3 Å². The van der Waals surface area contributed by atoms with E-state index in [1.807, 2.05) is 13.8 Å². The number of aliphatic carboxylic acids is 1. The van der Waals surface area contributed by atoms with Crippen LogP contribution >= 0.6 is 0 Å². The lowest BCUT2D eigenvalue weighted by molar-refractivity contribution is -0.138. The fourth-order valence-electron chi connectivity index (χ4n) is 0.927. The first-order valence-corrected chi connectivity index (χ1v) is 4.70. The zero-order valence-corrected chi connectivity index (χ0v) is 8.90. The maximum absolute atomic E-state index is 11.2. The van der Waals surface area contributed by atoms with Crippen molar-refractivity contribution in [2.24, 2.45) is 0 Å². The van der Waals surface area contributed by atoms with Crippen molar-refractivity contribution < 1.29 is 19.5 Å². The van der Waals surface area contributed by atoms with Gasteiger partial charge in [-0.25, -0.2) is 0 Å². The summed E-state index contributed by atoms with van der Waals surface area (Å²) in [6.07, 6.45) is 1.33. The first-order valence-electron chi connectivity index (χ1n) is 4.70. The minimum atomic E-state index is -1.11. The predicted molar refractivity (Wildman–Crippen MR) is 53.2 cm³/mol. The molecular formula is C9H16N2O4. The number of carboxylic acids is 1. The number of hydrogen-bond donors (Lipinski definition) is 2. The highest BCUT2D eigenvalue weighted by molar-refractivity contribution is 5.83. The molecule has 15 heavy (non-hydrogen) atoms. The molecule has 0 saturated heterocycles. The highest BCUT2D eigenvalue weighted by Crippen LogP contribution is 1.99. The maximum Gasteiger partial charge on any atom is 0.322 e. The van der Waals surface area contributed by atoms with Crippen molar-refractivity contribution in [3.05, 3.63) is 0 Å². The fourth-order valence-corrected chi connectivity index (χ4v) is 0.927. The van der Waals surface area contributed by atoms with Crippen LogP contribution in [0.4, 0.5) is 0 Å². The monoisotopic (exact) mass is 216 g/mol. The van der Waals surface area contributed by atoms with Gasteiger partial charge in [-0.15, -0.1) is 0 Å². The molecule has 6 heteroatoms. The highest BCUT2D eigenvalue weighted by atomic mass is 16.4. The Morgan fingerprint density at radius 2 is 2.13 bits per heavy atom. The van der Waals surface area contributed by atoms with Gasteiger partial charge in [0.2, 0.25) is 12.3 Å². The first kappa shape index (κ1) is 13.4. The predicted octanol–water partition coefficient (Wildman–Crippen LogP) is -0.556. The molecule has 86 valence electrons. The zero-order chi connectivity index (χ0) is 11.8. The molecule has 1 atom stereocenters. The van der Waals surface area contributed by atoms with E-state index in [2.05, 4.69) is 5.32 Å². The maximum atomic E-state index is 11.2. The molecule has 6 nitrogen and oxygen atoms in total. The molecule has 0 heterocycles. The van der Waals surface area contributed by atoms with Gasteiger partial charge >= 0.3 is 5.97 Å². The average Bonchev–Trinajstić information content (AvgIpc) is 2.21. The van der Waals surface area contributed by atoms with Gasteiger partial charge in [0.25, 0.3) is 0 Å². The number of amides is 2. The Bertz CT molecular complexity index is 242. The third kappa shape index (κ3) is 5.66. The Kier molecular flexibility index (Phi) is 6.08. The van der Waals surface area contributed by atoms with E-state index >= 15 is 0 Å². The molecule has 0 aliphatic carbocycles. The number of carboxylic acid groups (broad SMARTS) is 1. The number of nitrogens with zero attached hydrogens (tertiary/aromatic N) is 1. The lowest BCUT2D eigenvalue weighted by Gasteiger charge is -2.22. The molecular weight excluding hydrogens is 200 g/mol. The van der Waals surface area contributed by atoms with Gasteiger partial charge in [0.15, 0.2) is 0 Å². The van der Waals surface area contributed by atoms with Crippen molar-refractivity contribution in [3.63, 3.8) is 0 Å². The summed E-state index contributed by atoms with van der Waals surface area (Å²) >= 11 is 0. The van der Waals surface area contributed by atoms with Crippen LogP contribution in [0, 0.1) is 0 Å². The Hall–Kier alpha value is -1.59. The average molecular weight is 216 g/mol. The molecule has 0 rings (SSSR count). The van der Waals surface area contributed by atoms with Crippen LogP contribution in [0.2, 0.25) is 0 Å². The van der Waals surface area contributed by atoms with Gasteiger partial charge in [-0.05, 0) is 13.3 Å². The van der Waals surface area contributed by atoms with Gasteiger partial charge in [0.1, 0.15) is 6.54 Å². The van der Waals surface area contributed by atoms with E-state index in [9.17, 15) is 14.4 Å². The number of rotatable bonds is 7. The molecule has 0 aromatic rings. The smallest absolute Gasteiger partial charge is 0.322 e. The van der Waals surface area contributed by atoms with Crippen LogP contribution in [0.3, 0.4) is 0 Å². The Morgan fingerprint density at radius 3 is 2.53 bits per heavy atom. The number of hydrogen-bond acceptors (Lipinski definition) is 3. The molecule has 2 N–H and O–H groups in total. The molecule has 0 saturated carbocycles. The topological polar surface area (TPSA) is 86.7 Å². The molecule has 0 aromatic heterocycles. The van der Waals surface area contributed by atoms with Crippen molar-refractivity contribution in [1.29, 1.82) is 0 Å². The van der Waals surface area contributed by atoms with Gasteiger partial charge < -0.3 is 15.3 Å². The number of carbonyl (C=O) groups is 3. The molecule has 1 unspecified atom stereocenters. The van der Waals surface area contributed by atoms with Crippen molar-refractivity contribution in [3.8, 4) is 0 Å². The van der Waals surface area contributed by atoms with E-state index in [-0.39, 0.29) is 12.6 Å². The van der Waals surface area contributed by atoms with Gasteiger partial charge in [0.05, 0.1) is 6.54 Å². The third-order valence-corrected chi connectivity index (χ3v) is 2.06. The van der Waals surface area contributed by atoms with Crippen LogP contribution in [0.1, 0.15) is 20.3 Å². The summed E-state index contributed by atoms with van der Waals surface area (Å²) in [5.74, 6) is -1.57. The molecule has 0 bridgehead atoms. The lowest BCUT2D eigenvalue weighted by atomic mass is 10.2. The summed E-state index contributed by atoms with van der Waals surface area (Å²) in [4.78, 5) is 33.3. The SMILES string of the molecule is CCC(C)N(C=O)CC(=O)NCC(=O)O. The van der Waals surface area contributed by atoms with Crippen molar-refractivity contribution in [2.75, 3.05) is 13.1 Å². The molecule has 2 amide bonds. The van der Waals surface area contributed by atoms with Crippen LogP contribution in [0.15, 0.2) is 0 Å². The molecule has 0 aromatic carbocycles.